The van der Waals surface area contributed by atoms with Crippen LogP contribution in [0.3, 0.4) is 0 Å². The van der Waals surface area contributed by atoms with E-state index in [1.165, 1.54) is 0 Å². The van der Waals surface area contributed by atoms with E-state index in [4.69, 9.17) is 30.5 Å². The van der Waals surface area contributed by atoms with E-state index >= 15 is 0 Å². The molecule has 2 saturated heterocycles. The van der Waals surface area contributed by atoms with Crippen molar-refractivity contribution in [3.8, 4) is 11.5 Å². The topological polar surface area (TPSA) is 36.9 Å². The van der Waals surface area contributed by atoms with Gasteiger partial charge in [0.2, 0.25) is 0 Å². The Morgan fingerprint density at radius 1 is 0.885 bits per heavy atom. The van der Waals surface area contributed by atoms with Crippen molar-refractivity contribution in [3.05, 3.63) is 59.7 Å². The lowest BCUT2D eigenvalue weighted by molar-refractivity contribution is -0.0380. The van der Waals surface area contributed by atoms with E-state index in [1.807, 2.05) is 48.5 Å². The van der Waals surface area contributed by atoms with E-state index in [1.54, 1.807) is 14.2 Å². The SMILES string of the molecule is COc1ccc([C@@H]2C[C@@]3(Cl)CO[C@@H](c4ccc(OC)cc4)[C@H]3CO2)cc1. The van der Waals surface area contributed by atoms with Gasteiger partial charge in [0, 0.05) is 5.92 Å². The number of hydrogen-bond donors (Lipinski definition) is 0. The predicted octanol–water partition coefficient (Wildman–Crippen LogP) is 4.53. The smallest absolute Gasteiger partial charge is 0.118 e. The molecule has 0 aromatic heterocycles. The molecule has 2 aliphatic rings. The lowest BCUT2D eigenvalue weighted by atomic mass is 9.80. The van der Waals surface area contributed by atoms with Crippen LogP contribution in [0.1, 0.15) is 29.8 Å². The zero-order chi connectivity index (χ0) is 18.1. The first kappa shape index (κ1) is 17.7. The second-order valence-electron chi connectivity index (χ2n) is 6.95. The number of rotatable bonds is 4. The molecule has 0 N–H and O–H groups in total. The molecule has 4 nitrogen and oxygen atoms in total. The van der Waals surface area contributed by atoms with Crippen LogP contribution in [0.25, 0.3) is 0 Å². The number of ether oxygens (including phenoxy) is 4. The Balaban J connectivity index is 1.50. The minimum Gasteiger partial charge on any atom is -0.497 e. The quantitative estimate of drug-likeness (QED) is 0.737. The van der Waals surface area contributed by atoms with Crippen molar-refractivity contribution in [2.75, 3.05) is 27.4 Å². The second kappa shape index (κ2) is 7.10. The largest absolute Gasteiger partial charge is 0.497 e. The van der Waals surface area contributed by atoms with Gasteiger partial charge in [-0.2, -0.15) is 0 Å². The van der Waals surface area contributed by atoms with Crippen LogP contribution >= 0.6 is 11.6 Å². The van der Waals surface area contributed by atoms with E-state index in [0.29, 0.717) is 13.2 Å². The first-order valence-electron chi connectivity index (χ1n) is 8.83. The summed E-state index contributed by atoms with van der Waals surface area (Å²) < 4.78 is 22.8. The standard InChI is InChI=1S/C21H23ClO4/c1-23-16-7-3-14(4-8-16)19-11-21(22)13-26-20(18(21)12-25-19)15-5-9-17(24-2)10-6-15/h3-10,18-20H,11-13H2,1-2H3/t18-,19+,20+,21-/m1/s1. The van der Waals surface area contributed by atoms with Gasteiger partial charge < -0.3 is 18.9 Å². The third-order valence-electron chi connectivity index (χ3n) is 5.47. The van der Waals surface area contributed by atoms with E-state index in [9.17, 15) is 0 Å². The molecule has 4 rings (SSSR count). The highest BCUT2D eigenvalue weighted by Gasteiger charge is 2.53. The van der Waals surface area contributed by atoms with Gasteiger partial charge in [0.05, 0.1) is 44.5 Å². The average molecular weight is 375 g/mol. The molecule has 0 amide bonds. The Bertz CT molecular complexity index is 746. The zero-order valence-electron chi connectivity index (χ0n) is 15.0. The first-order chi connectivity index (χ1) is 12.6. The molecule has 0 radical (unpaired) electrons. The lowest BCUT2D eigenvalue weighted by Crippen LogP contribution is -2.41. The molecule has 4 atom stereocenters. The molecular weight excluding hydrogens is 352 g/mol. The molecule has 2 heterocycles. The van der Waals surface area contributed by atoms with Gasteiger partial charge in [-0.3, -0.25) is 0 Å². The molecule has 2 aromatic rings. The highest BCUT2D eigenvalue weighted by atomic mass is 35.5. The van der Waals surface area contributed by atoms with Crippen LogP contribution in [0, 0.1) is 5.92 Å². The van der Waals surface area contributed by atoms with E-state index < -0.39 is 4.87 Å². The van der Waals surface area contributed by atoms with Gasteiger partial charge in [-0.25, -0.2) is 0 Å². The molecule has 26 heavy (non-hydrogen) atoms. The van der Waals surface area contributed by atoms with Crippen molar-refractivity contribution < 1.29 is 18.9 Å². The van der Waals surface area contributed by atoms with Crippen LogP contribution in [0.5, 0.6) is 11.5 Å². The van der Waals surface area contributed by atoms with Crippen LogP contribution in [0.4, 0.5) is 0 Å². The summed E-state index contributed by atoms with van der Waals surface area (Å²) in [6.07, 6.45) is 0.668. The maximum absolute atomic E-state index is 7.02. The summed E-state index contributed by atoms with van der Waals surface area (Å²) in [4.78, 5) is -0.409. The fourth-order valence-electron chi connectivity index (χ4n) is 3.91. The highest BCUT2D eigenvalue weighted by molar-refractivity contribution is 6.24. The van der Waals surface area contributed by atoms with Crippen LogP contribution in [-0.4, -0.2) is 32.3 Å². The third kappa shape index (κ3) is 3.18. The minimum atomic E-state index is -0.409. The van der Waals surface area contributed by atoms with Gasteiger partial charge in [-0.05, 0) is 41.8 Å². The van der Waals surface area contributed by atoms with Crippen molar-refractivity contribution in [1.29, 1.82) is 0 Å². The maximum Gasteiger partial charge on any atom is 0.118 e. The Morgan fingerprint density at radius 3 is 2.04 bits per heavy atom. The third-order valence-corrected chi connectivity index (χ3v) is 6.01. The number of fused-ring (bicyclic) bond motifs is 1. The van der Waals surface area contributed by atoms with E-state index in [0.717, 1.165) is 29.0 Å². The summed E-state index contributed by atoms with van der Waals surface area (Å²) in [5, 5.41) is 0. The summed E-state index contributed by atoms with van der Waals surface area (Å²) in [5.41, 5.74) is 2.24. The second-order valence-corrected chi connectivity index (χ2v) is 7.70. The van der Waals surface area contributed by atoms with Crippen molar-refractivity contribution >= 4 is 11.6 Å². The Kier molecular flexibility index (Phi) is 4.82. The normalized spacial score (nSPS) is 30.7. The predicted molar refractivity (Wildman–Crippen MR) is 100 cm³/mol. The number of halogens is 1. The van der Waals surface area contributed by atoms with Crippen molar-refractivity contribution in [2.45, 2.75) is 23.5 Å². The summed E-state index contributed by atoms with van der Waals surface area (Å²) in [6, 6.07) is 16.0. The molecule has 0 unspecified atom stereocenters. The first-order valence-corrected chi connectivity index (χ1v) is 9.21. The van der Waals surface area contributed by atoms with Crippen molar-refractivity contribution in [3.63, 3.8) is 0 Å². The average Bonchev–Trinajstić information content (AvgIpc) is 3.04. The zero-order valence-corrected chi connectivity index (χ0v) is 15.7. The maximum atomic E-state index is 7.02. The number of benzene rings is 2. The molecule has 0 aliphatic carbocycles. The van der Waals surface area contributed by atoms with E-state index in [-0.39, 0.29) is 18.1 Å². The van der Waals surface area contributed by atoms with Crippen molar-refractivity contribution in [2.24, 2.45) is 5.92 Å². The van der Waals surface area contributed by atoms with Crippen LogP contribution in [-0.2, 0) is 9.47 Å². The number of alkyl halides is 1. The van der Waals surface area contributed by atoms with Crippen LogP contribution in [0.15, 0.2) is 48.5 Å². The summed E-state index contributed by atoms with van der Waals surface area (Å²) >= 11 is 7.02. The van der Waals surface area contributed by atoms with Gasteiger partial charge >= 0.3 is 0 Å². The molecule has 2 aromatic carbocycles. The van der Waals surface area contributed by atoms with Gasteiger partial charge in [-0.1, -0.05) is 24.3 Å². The van der Waals surface area contributed by atoms with Gasteiger partial charge in [0.15, 0.2) is 0 Å². The molecule has 138 valence electrons. The summed E-state index contributed by atoms with van der Waals surface area (Å²) in [7, 11) is 3.33. The van der Waals surface area contributed by atoms with Gasteiger partial charge in [0.1, 0.15) is 11.5 Å². The molecule has 0 bridgehead atoms. The number of methoxy groups -OCH3 is 2. The molecule has 0 saturated carbocycles. The Morgan fingerprint density at radius 2 is 1.46 bits per heavy atom. The number of hydrogen-bond acceptors (Lipinski definition) is 4. The van der Waals surface area contributed by atoms with Gasteiger partial charge in [0.25, 0.3) is 0 Å². The summed E-state index contributed by atoms with van der Waals surface area (Å²) in [6.45, 7) is 1.11. The molecule has 2 aliphatic heterocycles. The fourth-order valence-corrected chi connectivity index (χ4v) is 4.29. The lowest BCUT2D eigenvalue weighted by Gasteiger charge is -2.39. The molecule has 2 fully saturated rings. The Labute approximate surface area is 159 Å². The Hall–Kier alpha value is -1.75. The molecular formula is C21H23ClO4. The van der Waals surface area contributed by atoms with E-state index in [2.05, 4.69) is 0 Å². The molecule has 0 spiro atoms. The molecule has 5 heteroatoms. The van der Waals surface area contributed by atoms with Crippen LogP contribution < -0.4 is 9.47 Å². The van der Waals surface area contributed by atoms with Gasteiger partial charge in [-0.15, -0.1) is 11.6 Å². The summed E-state index contributed by atoms with van der Waals surface area (Å²) in [5.74, 6) is 1.81. The van der Waals surface area contributed by atoms with Crippen LogP contribution in [0.2, 0.25) is 0 Å². The minimum absolute atomic E-state index is 0.0205. The van der Waals surface area contributed by atoms with Crippen molar-refractivity contribution in [1.82, 2.24) is 0 Å². The monoisotopic (exact) mass is 374 g/mol. The fraction of sp³-hybridized carbons (Fsp3) is 0.429. The highest BCUT2D eigenvalue weighted by Crippen LogP contribution is 2.52.